The Labute approximate surface area is 82.6 Å². The Morgan fingerprint density at radius 2 is 2.31 bits per heavy atom. The van der Waals surface area contributed by atoms with Gasteiger partial charge in [0.25, 0.3) is 0 Å². The second kappa shape index (κ2) is 3.74. The molecular formula is C9H15N3S. The SMILES string of the molecule is CNC1(c2cscn2)CCNCC1. The van der Waals surface area contributed by atoms with Crippen LogP contribution in [0.1, 0.15) is 18.5 Å². The second-order valence-corrected chi connectivity index (χ2v) is 4.17. The number of nitrogens with one attached hydrogen (secondary N) is 2. The number of hydrogen-bond donors (Lipinski definition) is 2. The standard InChI is InChI=1S/C9H15N3S/c1-10-9(2-4-11-5-3-9)8-6-13-7-12-8/h6-7,10-11H,2-5H2,1H3. The van der Waals surface area contributed by atoms with E-state index in [0.29, 0.717) is 0 Å². The summed E-state index contributed by atoms with van der Waals surface area (Å²) in [5, 5.41) is 8.95. The van der Waals surface area contributed by atoms with Crippen LogP contribution in [0.15, 0.2) is 10.9 Å². The average Bonchev–Trinajstić information content (AvgIpc) is 2.72. The number of rotatable bonds is 2. The van der Waals surface area contributed by atoms with Crippen LogP contribution >= 0.6 is 11.3 Å². The van der Waals surface area contributed by atoms with Crippen LogP contribution in [-0.4, -0.2) is 25.1 Å². The summed E-state index contributed by atoms with van der Waals surface area (Å²) in [4.78, 5) is 4.41. The lowest BCUT2D eigenvalue weighted by atomic mass is 9.86. The van der Waals surface area contributed by atoms with Crippen molar-refractivity contribution in [2.45, 2.75) is 18.4 Å². The molecule has 3 nitrogen and oxygen atoms in total. The number of aromatic nitrogens is 1. The molecule has 1 aromatic rings. The van der Waals surface area contributed by atoms with Crippen molar-refractivity contribution < 1.29 is 0 Å². The molecule has 1 aromatic heterocycles. The summed E-state index contributed by atoms with van der Waals surface area (Å²) in [5.41, 5.74) is 3.25. The van der Waals surface area contributed by atoms with E-state index in [0.717, 1.165) is 25.9 Å². The van der Waals surface area contributed by atoms with E-state index in [1.807, 2.05) is 12.6 Å². The van der Waals surface area contributed by atoms with Gasteiger partial charge in [0.2, 0.25) is 0 Å². The Morgan fingerprint density at radius 3 is 2.85 bits per heavy atom. The molecule has 72 valence electrons. The molecular weight excluding hydrogens is 182 g/mol. The molecule has 1 saturated heterocycles. The Hall–Kier alpha value is -0.450. The van der Waals surface area contributed by atoms with Crippen LogP contribution in [0.3, 0.4) is 0 Å². The summed E-state index contributed by atoms with van der Waals surface area (Å²) >= 11 is 1.68. The van der Waals surface area contributed by atoms with Crippen LogP contribution in [0.2, 0.25) is 0 Å². The van der Waals surface area contributed by atoms with Crippen LogP contribution in [-0.2, 0) is 5.54 Å². The zero-order valence-electron chi connectivity index (χ0n) is 7.84. The number of hydrogen-bond acceptors (Lipinski definition) is 4. The van der Waals surface area contributed by atoms with Crippen molar-refractivity contribution in [1.82, 2.24) is 15.6 Å². The summed E-state index contributed by atoms with van der Waals surface area (Å²) in [6.45, 7) is 2.16. The van der Waals surface area contributed by atoms with Gasteiger partial charge < -0.3 is 10.6 Å². The molecule has 2 heterocycles. The zero-order valence-corrected chi connectivity index (χ0v) is 8.66. The van der Waals surface area contributed by atoms with Gasteiger partial charge in [-0.25, -0.2) is 4.98 Å². The average molecular weight is 197 g/mol. The topological polar surface area (TPSA) is 37.0 Å². The van der Waals surface area contributed by atoms with Gasteiger partial charge in [-0.15, -0.1) is 11.3 Å². The first-order valence-electron chi connectivity index (χ1n) is 4.66. The fourth-order valence-electron chi connectivity index (χ4n) is 1.94. The predicted octanol–water partition coefficient (Wildman–Crippen LogP) is 0.941. The lowest BCUT2D eigenvalue weighted by molar-refractivity contribution is 0.258. The van der Waals surface area contributed by atoms with Gasteiger partial charge >= 0.3 is 0 Å². The Kier molecular flexibility index (Phi) is 2.62. The molecule has 4 heteroatoms. The van der Waals surface area contributed by atoms with Gasteiger partial charge in [0, 0.05) is 5.38 Å². The molecule has 1 fully saturated rings. The predicted molar refractivity (Wildman–Crippen MR) is 55.0 cm³/mol. The van der Waals surface area contributed by atoms with E-state index < -0.39 is 0 Å². The van der Waals surface area contributed by atoms with Crippen LogP contribution < -0.4 is 10.6 Å². The molecule has 0 aromatic carbocycles. The minimum atomic E-state index is 0.130. The van der Waals surface area contributed by atoms with Crippen LogP contribution in [0.4, 0.5) is 0 Å². The van der Waals surface area contributed by atoms with Crippen molar-refractivity contribution in [3.8, 4) is 0 Å². The molecule has 0 radical (unpaired) electrons. The molecule has 1 aliphatic heterocycles. The van der Waals surface area contributed by atoms with Crippen LogP contribution in [0, 0.1) is 0 Å². The fraction of sp³-hybridized carbons (Fsp3) is 0.667. The van der Waals surface area contributed by atoms with Gasteiger partial charge in [-0.3, -0.25) is 0 Å². The normalized spacial score (nSPS) is 21.6. The maximum atomic E-state index is 4.41. The molecule has 0 bridgehead atoms. The molecule has 0 amide bonds. The minimum Gasteiger partial charge on any atom is -0.317 e. The summed E-state index contributed by atoms with van der Waals surface area (Å²) in [7, 11) is 2.03. The van der Waals surface area contributed by atoms with Crippen LogP contribution in [0.5, 0.6) is 0 Å². The quantitative estimate of drug-likeness (QED) is 0.741. The highest BCUT2D eigenvalue weighted by Crippen LogP contribution is 2.29. The molecule has 0 atom stereocenters. The highest BCUT2D eigenvalue weighted by Gasteiger charge is 2.33. The summed E-state index contributed by atoms with van der Waals surface area (Å²) in [6.07, 6.45) is 2.26. The van der Waals surface area contributed by atoms with Gasteiger partial charge in [0.1, 0.15) is 0 Å². The molecule has 1 aliphatic rings. The molecule has 0 unspecified atom stereocenters. The molecule has 13 heavy (non-hydrogen) atoms. The van der Waals surface area contributed by atoms with Crippen molar-refractivity contribution in [1.29, 1.82) is 0 Å². The molecule has 2 rings (SSSR count). The maximum Gasteiger partial charge on any atom is 0.0795 e. The molecule has 0 aliphatic carbocycles. The Bertz CT molecular complexity index is 252. The third-order valence-corrected chi connectivity index (χ3v) is 3.44. The molecule has 0 saturated carbocycles. The second-order valence-electron chi connectivity index (χ2n) is 3.46. The molecule has 0 spiro atoms. The molecule has 2 N–H and O–H groups in total. The number of piperidine rings is 1. The number of nitrogens with zero attached hydrogens (tertiary/aromatic N) is 1. The third-order valence-electron chi connectivity index (χ3n) is 2.86. The Balaban J connectivity index is 2.23. The monoisotopic (exact) mass is 197 g/mol. The highest BCUT2D eigenvalue weighted by molar-refractivity contribution is 7.07. The first kappa shape index (κ1) is 9.12. The summed E-state index contributed by atoms with van der Waals surface area (Å²) in [6, 6.07) is 0. The van der Waals surface area contributed by atoms with Crippen LogP contribution in [0.25, 0.3) is 0 Å². The van der Waals surface area contributed by atoms with Gasteiger partial charge in [0.15, 0.2) is 0 Å². The largest absolute Gasteiger partial charge is 0.317 e. The summed E-state index contributed by atoms with van der Waals surface area (Å²) < 4.78 is 0. The highest BCUT2D eigenvalue weighted by atomic mass is 32.1. The zero-order chi connectivity index (χ0) is 9.15. The fourth-order valence-corrected chi connectivity index (χ4v) is 2.59. The van der Waals surface area contributed by atoms with Crippen molar-refractivity contribution >= 4 is 11.3 Å². The van der Waals surface area contributed by atoms with E-state index >= 15 is 0 Å². The van der Waals surface area contributed by atoms with E-state index in [2.05, 4.69) is 21.0 Å². The van der Waals surface area contributed by atoms with E-state index in [-0.39, 0.29) is 5.54 Å². The van der Waals surface area contributed by atoms with Crippen molar-refractivity contribution in [3.05, 3.63) is 16.6 Å². The lowest BCUT2D eigenvalue weighted by Gasteiger charge is -2.36. The van der Waals surface area contributed by atoms with Crippen molar-refractivity contribution in [2.24, 2.45) is 0 Å². The van der Waals surface area contributed by atoms with E-state index in [9.17, 15) is 0 Å². The first-order chi connectivity index (χ1) is 6.37. The van der Waals surface area contributed by atoms with Gasteiger partial charge in [-0.05, 0) is 33.0 Å². The van der Waals surface area contributed by atoms with Gasteiger partial charge in [-0.1, -0.05) is 0 Å². The third kappa shape index (κ3) is 1.61. The smallest absolute Gasteiger partial charge is 0.0795 e. The Morgan fingerprint density at radius 1 is 1.54 bits per heavy atom. The first-order valence-corrected chi connectivity index (χ1v) is 5.60. The van der Waals surface area contributed by atoms with Gasteiger partial charge in [-0.2, -0.15) is 0 Å². The maximum absolute atomic E-state index is 4.41. The van der Waals surface area contributed by atoms with E-state index in [1.165, 1.54) is 5.69 Å². The van der Waals surface area contributed by atoms with E-state index in [1.54, 1.807) is 11.3 Å². The lowest BCUT2D eigenvalue weighted by Crippen LogP contribution is -2.48. The summed E-state index contributed by atoms with van der Waals surface area (Å²) in [5.74, 6) is 0. The number of thiazole rings is 1. The van der Waals surface area contributed by atoms with E-state index in [4.69, 9.17) is 0 Å². The minimum absolute atomic E-state index is 0.130. The van der Waals surface area contributed by atoms with Crippen molar-refractivity contribution in [3.63, 3.8) is 0 Å². The van der Waals surface area contributed by atoms with Gasteiger partial charge in [0.05, 0.1) is 16.7 Å². The van der Waals surface area contributed by atoms with Crippen molar-refractivity contribution in [2.75, 3.05) is 20.1 Å².